The lowest BCUT2D eigenvalue weighted by Gasteiger charge is -2.14. The molecule has 1 aromatic carbocycles. The Labute approximate surface area is 107 Å². The van der Waals surface area contributed by atoms with Crippen molar-refractivity contribution in [3.8, 4) is 0 Å². The standard InChI is InChI=1S/C13H17Cl2N/c1-13(2)7-10(13)12(16)5-8-3-4-9(14)6-11(8)15/h3-4,6,10,12H,5,7,16H2,1-2H3. The fourth-order valence-electron chi connectivity index (χ4n) is 2.32. The molecule has 0 heterocycles. The largest absolute Gasteiger partial charge is 0.327 e. The number of benzene rings is 1. The fourth-order valence-corrected chi connectivity index (χ4v) is 2.81. The Bertz CT molecular complexity index is 401. The molecule has 1 saturated carbocycles. The predicted molar refractivity (Wildman–Crippen MR) is 70.0 cm³/mol. The van der Waals surface area contributed by atoms with Gasteiger partial charge in [-0.25, -0.2) is 0 Å². The lowest BCUT2D eigenvalue weighted by molar-refractivity contribution is 0.476. The van der Waals surface area contributed by atoms with Gasteiger partial charge in [-0.05, 0) is 41.9 Å². The zero-order chi connectivity index (χ0) is 11.9. The highest BCUT2D eigenvalue weighted by molar-refractivity contribution is 6.35. The van der Waals surface area contributed by atoms with Crippen molar-refractivity contribution in [1.82, 2.24) is 0 Å². The highest BCUT2D eigenvalue weighted by Gasteiger charge is 2.48. The van der Waals surface area contributed by atoms with Crippen LogP contribution in [0.15, 0.2) is 18.2 Å². The first-order valence-electron chi connectivity index (χ1n) is 5.59. The molecule has 88 valence electrons. The van der Waals surface area contributed by atoms with Gasteiger partial charge in [-0.15, -0.1) is 0 Å². The summed E-state index contributed by atoms with van der Waals surface area (Å²) in [4.78, 5) is 0. The van der Waals surface area contributed by atoms with E-state index in [4.69, 9.17) is 28.9 Å². The Morgan fingerprint density at radius 3 is 2.56 bits per heavy atom. The average Bonchev–Trinajstić information content (AvgIpc) is 2.80. The van der Waals surface area contributed by atoms with Gasteiger partial charge in [0.05, 0.1) is 0 Å². The van der Waals surface area contributed by atoms with Gasteiger partial charge >= 0.3 is 0 Å². The molecule has 2 N–H and O–H groups in total. The topological polar surface area (TPSA) is 26.0 Å². The first kappa shape index (κ1) is 12.2. The maximum Gasteiger partial charge on any atom is 0.0453 e. The van der Waals surface area contributed by atoms with Crippen molar-refractivity contribution in [1.29, 1.82) is 0 Å². The van der Waals surface area contributed by atoms with E-state index in [1.54, 1.807) is 6.07 Å². The van der Waals surface area contributed by atoms with Gasteiger partial charge in [-0.3, -0.25) is 0 Å². The molecule has 16 heavy (non-hydrogen) atoms. The third-order valence-corrected chi connectivity index (χ3v) is 4.16. The Morgan fingerprint density at radius 2 is 2.06 bits per heavy atom. The summed E-state index contributed by atoms with van der Waals surface area (Å²) >= 11 is 12.0. The lowest BCUT2D eigenvalue weighted by Crippen LogP contribution is -2.27. The number of rotatable bonds is 3. The SMILES string of the molecule is CC1(C)CC1C(N)Cc1ccc(Cl)cc1Cl. The van der Waals surface area contributed by atoms with Crippen LogP contribution in [0.3, 0.4) is 0 Å². The molecule has 2 unspecified atom stereocenters. The Hall–Kier alpha value is -0.240. The van der Waals surface area contributed by atoms with Gasteiger partial charge in [0.15, 0.2) is 0 Å². The van der Waals surface area contributed by atoms with E-state index in [2.05, 4.69) is 13.8 Å². The van der Waals surface area contributed by atoms with Gasteiger partial charge in [-0.1, -0.05) is 43.1 Å². The van der Waals surface area contributed by atoms with Gasteiger partial charge in [0, 0.05) is 16.1 Å². The first-order valence-corrected chi connectivity index (χ1v) is 6.35. The quantitative estimate of drug-likeness (QED) is 0.873. The minimum Gasteiger partial charge on any atom is -0.327 e. The maximum atomic E-state index is 6.20. The van der Waals surface area contributed by atoms with Gasteiger partial charge in [0.1, 0.15) is 0 Å². The summed E-state index contributed by atoms with van der Waals surface area (Å²) in [5.41, 5.74) is 7.72. The molecular formula is C13H17Cl2N. The van der Waals surface area contributed by atoms with E-state index in [1.165, 1.54) is 6.42 Å². The molecule has 3 heteroatoms. The smallest absolute Gasteiger partial charge is 0.0453 e. The van der Waals surface area contributed by atoms with E-state index in [0.29, 0.717) is 16.4 Å². The van der Waals surface area contributed by atoms with Crippen LogP contribution in [0.25, 0.3) is 0 Å². The van der Waals surface area contributed by atoms with Crippen LogP contribution >= 0.6 is 23.2 Å². The third kappa shape index (κ3) is 2.53. The summed E-state index contributed by atoms with van der Waals surface area (Å²) in [7, 11) is 0. The summed E-state index contributed by atoms with van der Waals surface area (Å²) in [5, 5.41) is 1.40. The van der Waals surface area contributed by atoms with Crippen LogP contribution in [0.4, 0.5) is 0 Å². The molecular weight excluding hydrogens is 241 g/mol. The van der Waals surface area contributed by atoms with Crippen molar-refractivity contribution in [2.45, 2.75) is 32.7 Å². The van der Waals surface area contributed by atoms with Crippen LogP contribution in [0.2, 0.25) is 10.0 Å². The molecule has 2 rings (SSSR count). The molecule has 0 bridgehead atoms. The molecule has 0 radical (unpaired) electrons. The van der Waals surface area contributed by atoms with Gasteiger partial charge in [0.2, 0.25) is 0 Å². The maximum absolute atomic E-state index is 6.20. The second-order valence-electron chi connectivity index (χ2n) is 5.40. The summed E-state index contributed by atoms with van der Waals surface area (Å²) in [6, 6.07) is 5.82. The van der Waals surface area contributed by atoms with Crippen molar-refractivity contribution in [3.05, 3.63) is 33.8 Å². The number of hydrogen-bond acceptors (Lipinski definition) is 1. The zero-order valence-electron chi connectivity index (χ0n) is 9.63. The second kappa shape index (κ2) is 4.21. The molecule has 1 nitrogen and oxygen atoms in total. The number of halogens is 2. The second-order valence-corrected chi connectivity index (χ2v) is 6.25. The highest BCUT2D eigenvalue weighted by Crippen LogP contribution is 2.53. The molecule has 2 atom stereocenters. The van der Waals surface area contributed by atoms with Crippen molar-refractivity contribution >= 4 is 23.2 Å². The molecule has 1 aromatic rings. The normalized spacial score (nSPS) is 24.2. The molecule has 0 aromatic heterocycles. The van der Waals surface area contributed by atoms with E-state index < -0.39 is 0 Å². The molecule has 1 aliphatic rings. The highest BCUT2D eigenvalue weighted by atomic mass is 35.5. The van der Waals surface area contributed by atoms with Crippen LogP contribution in [-0.2, 0) is 6.42 Å². The van der Waals surface area contributed by atoms with E-state index in [1.807, 2.05) is 12.1 Å². The summed E-state index contributed by atoms with van der Waals surface area (Å²) in [6.07, 6.45) is 2.06. The minimum atomic E-state index is 0.202. The lowest BCUT2D eigenvalue weighted by atomic mass is 9.98. The van der Waals surface area contributed by atoms with Crippen LogP contribution in [0.1, 0.15) is 25.8 Å². The first-order chi connectivity index (χ1) is 7.40. The van der Waals surface area contributed by atoms with Crippen LogP contribution in [0.5, 0.6) is 0 Å². The summed E-state index contributed by atoms with van der Waals surface area (Å²) in [5.74, 6) is 0.624. The number of nitrogens with two attached hydrogens (primary N) is 1. The van der Waals surface area contributed by atoms with Crippen molar-refractivity contribution in [3.63, 3.8) is 0 Å². The van der Waals surface area contributed by atoms with Gasteiger partial charge < -0.3 is 5.73 Å². The summed E-state index contributed by atoms with van der Waals surface area (Å²) < 4.78 is 0. The molecule has 0 saturated heterocycles. The van der Waals surface area contributed by atoms with Crippen molar-refractivity contribution < 1.29 is 0 Å². The monoisotopic (exact) mass is 257 g/mol. The number of hydrogen-bond donors (Lipinski definition) is 1. The minimum absolute atomic E-state index is 0.202. The third-order valence-electron chi connectivity index (χ3n) is 3.58. The molecule has 1 aliphatic carbocycles. The Morgan fingerprint density at radius 1 is 1.44 bits per heavy atom. The zero-order valence-corrected chi connectivity index (χ0v) is 11.1. The van der Waals surface area contributed by atoms with Crippen molar-refractivity contribution in [2.75, 3.05) is 0 Å². The van der Waals surface area contributed by atoms with Crippen LogP contribution in [0, 0.1) is 11.3 Å². The van der Waals surface area contributed by atoms with Gasteiger partial charge in [0.25, 0.3) is 0 Å². The molecule has 0 aliphatic heterocycles. The molecule has 0 spiro atoms. The summed E-state index contributed by atoms with van der Waals surface area (Å²) in [6.45, 7) is 4.53. The Kier molecular flexibility index (Phi) is 3.22. The van der Waals surface area contributed by atoms with E-state index >= 15 is 0 Å². The van der Waals surface area contributed by atoms with E-state index in [-0.39, 0.29) is 6.04 Å². The fraction of sp³-hybridized carbons (Fsp3) is 0.538. The molecule has 1 fully saturated rings. The van der Waals surface area contributed by atoms with Crippen LogP contribution < -0.4 is 5.73 Å². The van der Waals surface area contributed by atoms with E-state index in [0.717, 1.165) is 17.0 Å². The average molecular weight is 258 g/mol. The Balaban J connectivity index is 2.04. The predicted octanol–water partition coefficient (Wildman–Crippen LogP) is 3.91. The van der Waals surface area contributed by atoms with Crippen molar-refractivity contribution in [2.24, 2.45) is 17.1 Å². The van der Waals surface area contributed by atoms with E-state index in [9.17, 15) is 0 Å². The molecule has 0 amide bonds. The van der Waals surface area contributed by atoms with Gasteiger partial charge in [-0.2, -0.15) is 0 Å². The van der Waals surface area contributed by atoms with Crippen LogP contribution in [-0.4, -0.2) is 6.04 Å².